The first kappa shape index (κ1) is 16.2. The number of fused-ring (bicyclic) bond motifs is 1. The number of nitro groups is 1. The van der Waals surface area contributed by atoms with Crippen molar-refractivity contribution in [2.45, 2.75) is 12.1 Å². The molecule has 0 N–H and O–H groups in total. The minimum Gasteiger partial charge on any atom is -0.271 e. The predicted molar refractivity (Wildman–Crippen MR) is 92.0 cm³/mol. The normalized spacial score (nSPS) is 21.4. The van der Waals surface area contributed by atoms with Gasteiger partial charge in [0.25, 0.3) is 17.5 Å². The zero-order valence-electron chi connectivity index (χ0n) is 13.0. The molecular weight excluding hydrogens is 362 g/mol. The van der Waals surface area contributed by atoms with Gasteiger partial charge in [-0.3, -0.25) is 19.7 Å². The Morgan fingerprint density at radius 1 is 0.962 bits per heavy atom. The van der Waals surface area contributed by atoms with Gasteiger partial charge in [0.15, 0.2) is 12.1 Å². The SMILES string of the molecule is O=C1[C@@H]2[C@@H](N=NN2c2ccc([N+](=O)[O-])cc2)C(=O)N1c1ccc(Cl)cc1. The Morgan fingerprint density at radius 3 is 2.19 bits per heavy atom. The molecule has 4 rings (SSSR count). The van der Waals surface area contributed by atoms with Crippen LogP contribution >= 0.6 is 11.6 Å². The van der Waals surface area contributed by atoms with Crippen LogP contribution in [-0.2, 0) is 9.59 Å². The van der Waals surface area contributed by atoms with Crippen molar-refractivity contribution in [1.82, 2.24) is 0 Å². The van der Waals surface area contributed by atoms with Gasteiger partial charge in [-0.15, -0.1) is 0 Å². The number of anilines is 2. The van der Waals surface area contributed by atoms with Crippen molar-refractivity contribution in [2.24, 2.45) is 10.3 Å². The van der Waals surface area contributed by atoms with Crippen LogP contribution in [0.4, 0.5) is 17.1 Å². The highest BCUT2D eigenvalue weighted by Crippen LogP contribution is 2.35. The van der Waals surface area contributed by atoms with E-state index < -0.39 is 28.8 Å². The molecule has 0 bridgehead atoms. The average molecular weight is 372 g/mol. The van der Waals surface area contributed by atoms with Crippen LogP contribution in [0.25, 0.3) is 0 Å². The number of imide groups is 1. The van der Waals surface area contributed by atoms with Gasteiger partial charge in [0.1, 0.15) is 0 Å². The summed E-state index contributed by atoms with van der Waals surface area (Å²) in [4.78, 5) is 36.8. The minimum absolute atomic E-state index is 0.0851. The van der Waals surface area contributed by atoms with Crippen molar-refractivity contribution < 1.29 is 14.5 Å². The van der Waals surface area contributed by atoms with Crippen LogP contribution in [0.15, 0.2) is 58.9 Å². The highest BCUT2D eigenvalue weighted by Gasteiger charge is 2.55. The van der Waals surface area contributed by atoms with Gasteiger partial charge in [0.2, 0.25) is 0 Å². The number of amides is 2. The van der Waals surface area contributed by atoms with Crippen LogP contribution in [0.5, 0.6) is 0 Å². The Morgan fingerprint density at radius 2 is 1.58 bits per heavy atom. The largest absolute Gasteiger partial charge is 0.271 e. The van der Waals surface area contributed by atoms with Crippen LogP contribution in [0, 0.1) is 10.1 Å². The fourth-order valence-electron chi connectivity index (χ4n) is 2.95. The van der Waals surface area contributed by atoms with E-state index in [1.165, 1.54) is 29.3 Å². The van der Waals surface area contributed by atoms with E-state index in [-0.39, 0.29) is 5.69 Å². The molecule has 26 heavy (non-hydrogen) atoms. The number of nitrogens with zero attached hydrogens (tertiary/aromatic N) is 5. The standard InChI is InChI=1S/C16H10ClN5O4/c17-9-1-3-10(4-2-9)20-15(23)13-14(16(20)24)21(19-18-13)11-5-7-12(8-6-11)22(25)26/h1-8,13-14H/t13-,14+/m1/s1. The molecule has 9 nitrogen and oxygen atoms in total. The summed E-state index contributed by atoms with van der Waals surface area (Å²) in [7, 11) is 0. The third-order valence-corrected chi connectivity index (χ3v) is 4.44. The molecule has 0 spiro atoms. The summed E-state index contributed by atoms with van der Waals surface area (Å²) in [5, 5.41) is 20.4. The van der Waals surface area contributed by atoms with Crippen LogP contribution in [0.2, 0.25) is 5.02 Å². The van der Waals surface area contributed by atoms with E-state index in [1.807, 2.05) is 0 Å². The number of non-ortho nitro benzene ring substituents is 1. The lowest BCUT2D eigenvalue weighted by atomic mass is 10.1. The maximum absolute atomic E-state index is 12.8. The number of nitro benzene ring substituents is 1. The van der Waals surface area contributed by atoms with Crippen molar-refractivity contribution >= 4 is 40.5 Å². The van der Waals surface area contributed by atoms with Gasteiger partial charge in [-0.25, -0.2) is 9.91 Å². The van der Waals surface area contributed by atoms with Gasteiger partial charge in [0, 0.05) is 17.2 Å². The molecule has 2 atom stereocenters. The van der Waals surface area contributed by atoms with E-state index >= 15 is 0 Å². The minimum atomic E-state index is -0.951. The quantitative estimate of drug-likeness (QED) is 0.468. The fourth-order valence-corrected chi connectivity index (χ4v) is 3.07. The molecule has 0 aromatic heterocycles. The number of hydrogen-bond donors (Lipinski definition) is 0. The maximum atomic E-state index is 12.8. The Labute approximate surface area is 151 Å². The summed E-state index contributed by atoms with van der Waals surface area (Å²) in [5.74, 6) is -0.943. The molecule has 1 fully saturated rings. The summed E-state index contributed by atoms with van der Waals surface area (Å²) in [6, 6.07) is 9.98. The first-order valence-electron chi connectivity index (χ1n) is 7.55. The lowest BCUT2D eigenvalue weighted by Crippen LogP contribution is -2.39. The third kappa shape index (κ3) is 2.40. The van der Waals surface area contributed by atoms with Gasteiger partial charge >= 0.3 is 0 Å². The maximum Gasteiger partial charge on any atom is 0.269 e. The Bertz CT molecular complexity index is 944. The predicted octanol–water partition coefficient (Wildman–Crippen LogP) is 2.75. The molecule has 10 heteroatoms. The van der Waals surface area contributed by atoms with Crippen molar-refractivity contribution in [3.05, 3.63) is 63.7 Å². The third-order valence-electron chi connectivity index (χ3n) is 4.19. The summed E-state index contributed by atoms with van der Waals surface area (Å²) < 4.78 is 0. The Kier molecular flexibility index (Phi) is 3.66. The molecule has 2 heterocycles. The number of hydrogen-bond acceptors (Lipinski definition) is 7. The van der Waals surface area contributed by atoms with Crippen LogP contribution in [-0.4, -0.2) is 28.8 Å². The van der Waals surface area contributed by atoms with Crippen molar-refractivity contribution in [1.29, 1.82) is 0 Å². The molecular formula is C16H10ClN5O4. The van der Waals surface area contributed by atoms with Gasteiger partial charge in [-0.1, -0.05) is 16.8 Å². The van der Waals surface area contributed by atoms with Crippen LogP contribution in [0.1, 0.15) is 0 Å². The molecule has 1 saturated heterocycles. The van der Waals surface area contributed by atoms with E-state index in [0.29, 0.717) is 16.4 Å². The topological polar surface area (TPSA) is 108 Å². The average Bonchev–Trinajstić information content (AvgIpc) is 3.17. The summed E-state index contributed by atoms with van der Waals surface area (Å²) in [5.41, 5.74) is 0.752. The van der Waals surface area contributed by atoms with Crippen molar-refractivity contribution in [3.63, 3.8) is 0 Å². The molecule has 0 unspecified atom stereocenters. The van der Waals surface area contributed by atoms with E-state index in [1.54, 1.807) is 24.3 Å². The smallest absolute Gasteiger partial charge is 0.269 e. The zero-order valence-corrected chi connectivity index (χ0v) is 13.8. The summed E-state index contributed by atoms with van der Waals surface area (Å²) in [6.07, 6.45) is 0. The van der Waals surface area contributed by atoms with E-state index in [2.05, 4.69) is 10.3 Å². The monoisotopic (exact) mass is 371 g/mol. The first-order chi connectivity index (χ1) is 12.5. The van der Waals surface area contributed by atoms with Crippen molar-refractivity contribution in [3.8, 4) is 0 Å². The summed E-state index contributed by atoms with van der Waals surface area (Å²) in [6.45, 7) is 0. The molecule has 0 saturated carbocycles. The molecule has 0 radical (unpaired) electrons. The molecule has 0 aliphatic carbocycles. The van der Waals surface area contributed by atoms with Gasteiger partial charge in [-0.2, -0.15) is 5.11 Å². The molecule has 130 valence electrons. The second-order valence-electron chi connectivity index (χ2n) is 5.70. The number of carbonyl (C=O) groups is 2. The highest BCUT2D eigenvalue weighted by molar-refractivity contribution is 6.31. The van der Waals surface area contributed by atoms with Crippen LogP contribution < -0.4 is 9.91 Å². The molecule has 2 aliphatic rings. The second-order valence-corrected chi connectivity index (χ2v) is 6.14. The lowest BCUT2D eigenvalue weighted by Gasteiger charge is -2.20. The second kappa shape index (κ2) is 5.88. The fraction of sp³-hybridized carbons (Fsp3) is 0.125. The zero-order chi connectivity index (χ0) is 18.4. The number of rotatable bonds is 3. The van der Waals surface area contributed by atoms with E-state index in [9.17, 15) is 19.7 Å². The molecule has 2 aliphatic heterocycles. The van der Waals surface area contributed by atoms with E-state index in [4.69, 9.17) is 11.6 Å². The molecule has 2 amide bonds. The highest BCUT2D eigenvalue weighted by atomic mass is 35.5. The van der Waals surface area contributed by atoms with Crippen molar-refractivity contribution in [2.75, 3.05) is 9.91 Å². The Hall–Kier alpha value is -3.33. The Balaban J connectivity index is 1.65. The van der Waals surface area contributed by atoms with Crippen LogP contribution in [0.3, 0.4) is 0 Å². The summed E-state index contributed by atoms with van der Waals surface area (Å²) >= 11 is 5.85. The van der Waals surface area contributed by atoms with E-state index in [0.717, 1.165) is 4.90 Å². The molecule has 2 aromatic rings. The number of halogens is 1. The first-order valence-corrected chi connectivity index (χ1v) is 7.93. The number of benzene rings is 2. The number of carbonyl (C=O) groups excluding carboxylic acids is 2. The molecule has 2 aromatic carbocycles. The van der Waals surface area contributed by atoms with Gasteiger partial charge in [0.05, 0.1) is 16.3 Å². The van der Waals surface area contributed by atoms with Gasteiger partial charge in [-0.05, 0) is 36.4 Å². The lowest BCUT2D eigenvalue weighted by molar-refractivity contribution is -0.384. The van der Waals surface area contributed by atoms with Gasteiger partial charge < -0.3 is 0 Å².